The molecule has 0 fully saturated rings. The number of aromatic nitrogens is 2. The minimum atomic E-state index is -0.464. The summed E-state index contributed by atoms with van der Waals surface area (Å²) in [5.74, 6) is 1.34. The molecule has 2 aromatic heterocycles. The molecule has 5 aromatic rings. The van der Waals surface area contributed by atoms with Crippen LogP contribution >= 0.6 is 15.9 Å². The monoisotopic (exact) mass is 615 g/mol. The van der Waals surface area contributed by atoms with Crippen molar-refractivity contribution in [2.75, 3.05) is 14.2 Å². The number of hydrogen-bond donors (Lipinski definition) is 1. The number of carbonyl (C=O) groups excluding carboxylic acids is 1. The Morgan fingerprint density at radius 1 is 0.878 bits per heavy atom. The highest BCUT2D eigenvalue weighted by molar-refractivity contribution is 9.10. The average Bonchev–Trinajstić information content (AvgIpc) is 3.40. The van der Waals surface area contributed by atoms with E-state index in [1.165, 1.54) is 0 Å². The molecule has 0 aliphatic carbocycles. The fourth-order valence-corrected chi connectivity index (χ4v) is 5.05. The fourth-order valence-electron chi connectivity index (χ4n) is 4.63. The van der Waals surface area contributed by atoms with Crippen molar-refractivity contribution in [2.45, 2.75) is 26.1 Å². The van der Waals surface area contributed by atoms with Crippen molar-refractivity contribution >= 4 is 27.5 Å². The smallest absolute Gasteiger partial charge is 0.407 e. The van der Waals surface area contributed by atoms with Crippen molar-refractivity contribution in [3.05, 3.63) is 134 Å². The molecule has 9 heteroatoms. The Morgan fingerprint density at radius 2 is 1.63 bits per heavy atom. The normalized spacial score (nSPS) is 10.9. The molecule has 0 saturated heterocycles. The van der Waals surface area contributed by atoms with Crippen LogP contribution < -0.4 is 20.3 Å². The van der Waals surface area contributed by atoms with Gasteiger partial charge in [-0.25, -0.2) is 4.79 Å². The van der Waals surface area contributed by atoms with Gasteiger partial charge < -0.3 is 28.5 Å². The number of benzene rings is 3. The summed E-state index contributed by atoms with van der Waals surface area (Å²) in [5, 5.41) is 2.79. The van der Waals surface area contributed by atoms with E-state index in [4.69, 9.17) is 14.2 Å². The lowest BCUT2D eigenvalue weighted by atomic mass is 10.1. The van der Waals surface area contributed by atoms with Gasteiger partial charge in [-0.15, -0.1) is 0 Å². The number of nitrogens with zero attached hydrogens (tertiary/aromatic N) is 2. The lowest BCUT2D eigenvalue weighted by Crippen LogP contribution is -2.24. The van der Waals surface area contributed by atoms with E-state index >= 15 is 0 Å². The van der Waals surface area contributed by atoms with E-state index in [-0.39, 0.29) is 12.2 Å². The Bertz CT molecular complexity index is 1710. The highest BCUT2D eigenvalue weighted by atomic mass is 79.9. The second kappa shape index (κ2) is 12.8. The van der Waals surface area contributed by atoms with Crippen LogP contribution in [0.25, 0.3) is 5.52 Å². The van der Waals surface area contributed by atoms with Crippen LogP contribution in [0.3, 0.4) is 0 Å². The van der Waals surface area contributed by atoms with Crippen molar-refractivity contribution in [1.29, 1.82) is 0 Å². The Morgan fingerprint density at radius 3 is 2.37 bits per heavy atom. The number of fused-ring (bicyclic) bond motifs is 1. The van der Waals surface area contributed by atoms with E-state index in [9.17, 15) is 9.59 Å². The average molecular weight is 617 g/mol. The van der Waals surface area contributed by atoms with E-state index in [1.807, 2.05) is 95.7 Å². The SMILES string of the molecule is COc1ccc(Cn2cc(Cc3ccc(CNC(=O)OCc4ccccc4)cc3)n3cc(Br)cc3c2=O)c(OC)c1. The second-order valence-electron chi connectivity index (χ2n) is 9.55. The van der Waals surface area contributed by atoms with Crippen molar-refractivity contribution in [2.24, 2.45) is 0 Å². The van der Waals surface area contributed by atoms with Gasteiger partial charge in [0.25, 0.3) is 5.56 Å². The van der Waals surface area contributed by atoms with Crippen LogP contribution in [0.2, 0.25) is 0 Å². The molecular formula is C32H30BrN3O5. The summed E-state index contributed by atoms with van der Waals surface area (Å²) in [6.45, 7) is 0.934. The van der Waals surface area contributed by atoms with Crippen LogP contribution in [0.1, 0.15) is 27.9 Å². The van der Waals surface area contributed by atoms with Crippen LogP contribution in [-0.2, 0) is 30.9 Å². The lowest BCUT2D eigenvalue weighted by molar-refractivity contribution is 0.139. The summed E-state index contributed by atoms with van der Waals surface area (Å²) in [5.41, 5.74) is 5.26. The zero-order valence-electron chi connectivity index (χ0n) is 22.8. The van der Waals surface area contributed by atoms with Gasteiger partial charge in [0.15, 0.2) is 0 Å². The maximum atomic E-state index is 13.4. The van der Waals surface area contributed by atoms with Gasteiger partial charge >= 0.3 is 6.09 Å². The van der Waals surface area contributed by atoms with Crippen molar-refractivity contribution < 1.29 is 19.0 Å². The van der Waals surface area contributed by atoms with Crippen LogP contribution in [0, 0.1) is 0 Å². The largest absolute Gasteiger partial charge is 0.497 e. The fraction of sp³-hybridized carbons (Fsp3) is 0.188. The third-order valence-corrected chi connectivity index (χ3v) is 7.21. The molecule has 5 rings (SSSR count). The molecule has 1 N–H and O–H groups in total. The summed E-state index contributed by atoms with van der Waals surface area (Å²) in [6, 6.07) is 25.0. The number of halogens is 1. The first-order valence-electron chi connectivity index (χ1n) is 13.1. The minimum Gasteiger partial charge on any atom is -0.497 e. The van der Waals surface area contributed by atoms with E-state index in [1.54, 1.807) is 18.8 Å². The molecule has 0 aliphatic heterocycles. The molecule has 0 aliphatic rings. The molecule has 0 radical (unpaired) electrons. The van der Waals surface area contributed by atoms with Gasteiger partial charge in [-0.05, 0) is 50.8 Å². The highest BCUT2D eigenvalue weighted by Crippen LogP contribution is 2.26. The number of carbonyl (C=O) groups is 1. The van der Waals surface area contributed by atoms with E-state index in [0.29, 0.717) is 36.5 Å². The number of rotatable bonds is 10. The minimum absolute atomic E-state index is 0.0992. The van der Waals surface area contributed by atoms with E-state index < -0.39 is 6.09 Å². The molecule has 1 amide bonds. The number of ether oxygens (including phenoxy) is 3. The molecule has 3 aromatic carbocycles. The van der Waals surface area contributed by atoms with Crippen LogP contribution in [0.15, 0.2) is 101 Å². The predicted molar refractivity (Wildman–Crippen MR) is 161 cm³/mol. The van der Waals surface area contributed by atoms with E-state index in [2.05, 4.69) is 21.2 Å². The first-order chi connectivity index (χ1) is 19.9. The topological polar surface area (TPSA) is 83.2 Å². The van der Waals surface area contributed by atoms with Gasteiger partial charge in [0, 0.05) is 47.2 Å². The quantitative estimate of drug-likeness (QED) is 0.210. The molecule has 0 atom stereocenters. The maximum Gasteiger partial charge on any atom is 0.407 e. The van der Waals surface area contributed by atoms with Gasteiger partial charge in [0.05, 0.1) is 20.8 Å². The lowest BCUT2D eigenvalue weighted by Gasteiger charge is -2.15. The predicted octanol–water partition coefficient (Wildman–Crippen LogP) is 5.95. The number of hydrogen-bond acceptors (Lipinski definition) is 5. The molecule has 0 bridgehead atoms. The van der Waals surface area contributed by atoms with Crippen molar-refractivity contribution in [1.82, 2.24) is 14.3 Å². The molecular weight excluding hydrogens is 586 g/mol. The standard InChI is InChI=1S/C32H30BrN3O5/c1-39-28-13-12-25(30(16-28)40-2)18-35-20-27(36-19-26(33)15-29(36)31(35)37)14-22-8-10-23(11-9-22)17-34-32(38)41-21-24-6-4-3-5-7-24/h3-13,15-16,19-20H,14,17-18,21H2,1-2H3,(H,34,38). The molecule has 0 saturated carbocycles. The summed E-state index contributed by atoms with van der Waals surface area (Å²) < 4.78 is 20.6. The van der Waals surface area contributed by atoms with Gasteiger partial charge in [-0.2, -0.15) is 0 Å². The van der Waals surface area contributed by atoms with Crippen LogP contribution in [0.4, 0.5) is 4.79 Å². The highest BCUT2D eigenvalue weighted by Gasteiger charge is 2.14. The summed E-state index contributed by atoms with van der Waals surface area (Å²) in [4.78, 5) is 25.5. The molecule has 0 spiro atoms. The van der Waals surface area contributed by atoms with Crippen molar-refractivity contribution in [3.63, 3.8) is 0 Å². The molecule has 41 heavy (non-hydrogen) atoms. The third-order valence-electron chi connectivity index (χ3n) is 6.77. The summed E-state index contributed by atoms with van der Waals surface area (Å²) in [6.07, 6.45) is 3.94. The molecule has 8 nitrogen and oxygen atoms in total. The second-order valence-corrected chi connectivity index (χ2v) is 10.5. The molecule has 0 unspecified atom stereocenters. The Hall–Kier alpha value is -4.50. The summed E-state index contributed by atoms with van der Waals surface area (Å²) >= 11 is 3.52. The van der Waals surface area contributed by atoms with Crippen LogP contribution in [0.5, 0.6) is 11.5 Å². The molecule has 2 heterocycles. The number of alkyl carbamates (subject to hydrolysis) is 1. The van der Waals surface area contributed by atoms with Gasteiger partial charge in [-0.1, -0.05) is 54.6 Å². The Kier molecular flexibility index (Phi) is 8.74. The first-order valence-corrected chi connectivity index (χ1v) is 13.9. The van der Waals surface area contributed by atoms with Gasteiger partial charge in [0.1, 0.15) is 23.6 Å². The van der Waals surface area contributed by atoms with Crippen LogP contribution in [-0.4, -0.2) is 29.3 Å². The van der Waals surface area contributed by atoms with Crippen molar-refractivity contribution in [3.8, 4) is 11.5 Å². The molecule has 210 valence electrons. The Labute approximate surface area is 246 Å². The first kappa shape index (κ1) is 28.0. The Balaban J connectivity index is 1.30. The van der Waals surface area contributed by atoms with E-state index in [0.717, 1.165) is 32.4 Å². The summed E-state index contributed by atoms with van der Waals surface area (Å²) in [7, 11) is 3.21. The van der Waals surface area contributed by atoms with Gasteiger partial charge in [-0.3, -0.25) is 4.79 Å². The zero-order chi connectivity index (χ0) is 28.8. The number of methoxy groups -OCH3 is 2. The van der Waals surface area contributed by atoms with Gasteiger partial charge in [0.2, 0.25) is 0 Å². The maximum absolute atomic E-state index is 13.4. The third kappa shape index (κ3) is 6.81. The number of amides is 1. The zero-order valence-corrected chi connectivity index (χ0v) is 24.4. The number of nitrogens with one attached hydrogen (secondary N) is 1.